The van der Waals surface area contributed by atoms with Crippen molar-refractivity contribution in [2.45, 2.75) is 13.2 Å². The molecule has 0 aliphatic carbocycles. The molecule has 2 rings (SSSR count). The highest BCUT2D eigenvalue weighted by atomic mass is 79.9. The van der Waals surface area contributed by atoms with E-state index in [0.29, 0.717) is 10.0 Å². The van der Waals surface area contributed by atoms with Gasteiger partial charge < -0.3 is 10.1 Å². The zero-order chi connectivity index (χ0) is 15.4. The summed E-state index contributed by atoms with van der Waals surface area (Å²) in [5.41, 5.74) is 0.421. The molecule has 0 aliphatic heterocycles. The van der Waals surface area contributed by atoms with Gasteiger partial charge in [-0.2, -0.15) is 8.78 Å². The fourth-order valence-electron chi connectivity index (χ4n) is 1.69. The molecule has 0 aromatic heterocycles. The normalized spacial score (nSPS) is 10.8. The third kappa shape index (κ3) is 4.35. The van der Waals surface area contributed by atoms with Gasteiger partial charge in [-0.1, -0.05) is 28.1 Å². The first-order valence-electron chi connectivity index (χ1n) is 5.88. The Morgan fingerprint density at radius 2 is 1.62 bits per heavy atom. The molecule has 21 heavy (non-hydrogen) atoms. The van der Waals surface area contributed by atoms with E-state index in [9.17, 15) is 17.6 Å². The maximum absolute atomic E-state index is 13.6. The first kappa shape index (κ1) is 15.6. The van der Waals surface area contributed by atoms with E-state index in [4.69, 9.17) is 0 Å². The van der Waals surface area contributed by atoms with E-state index in [0.717, 1.165) is 12.1 Å². The van der Waals surface area contributed by atoms with E-state index in [-0.39, 0.29) is 18.0 Å². The summed E-state index contributed by atoms with van der Waals surface area (Å²) in [6.45, 7) is -2.75. The minimum absolute atomic E-state index is 0.0229. The van der Waals surface area contributed by atoms with E-state index in [2.05, 4.69) is 26.0 Å². The molecule has 0 radical (unpaired) electrons. The van der Waals surface area contributed by atoms with Gasteiger partial charge in [-0.3, -0.25) is 0 Å². The van der Waals surface area contributed by atoms with E-state index < -0.39 is 18.2 Å². The minimum atomic E-state index is -2.89. The largest absolute Gasteiger partial charge is 0.435 e. The van der Waals surface area contributed by atoms with Gasteiger partial charge in [0, 0.05) is 11.0 Å². The summed E-state index contributed by atoms with van der Waals surface area (Å²) >= 11 is 2.99. The molecule has 0 atom stereocenters. The summed E-state index contributed by atoms with van der Waals surface area (Å²) in [6, 6.07) is 8.06. The number of halogens is 5. The fourth-order valence-corrected chi connectivity index (χ4v) is 2.09. The Bertz CT molecular complexity index is 596. The Hall–Kier alpha value is -1.76. The van der Waals surface area contributed by atoms with Gasteiger partial charge in [0.15, 0.2) is 0 Å². The van der Waals surface area contributed by atoms with Gasteiger partial charge in [-0.25, -0.2) is 8.78 Å². The number of anilines is 1. The highest BCUT2D eigenvalue weighted by molar-refractivity contribution is 9.10. The van der Waals surface area contributed by atoms with Gasteiger partial charge in [-0.05, 0) is 29.8 Å². The average Bonchev–Trinajstić information content (AvgIpc) is 2.38. The summed E-state index contributed by atoms with van der Waals surface area (Å²) in [4.78, 5) is 0. The fraction of sp³-hybridized carbons (Fsp3) is 0.143. The lowest BCUT2D eigenvalue weighted by atomic mass is 10.2. The molecule has 0 bridgehead atoms. The van der Waals surface area contributed by atoms with Gasteiger partial charge in [0.1, 0.15) is 23.1 Å². The third-order valence-corrected chi connectivity index (χ3v) is 3.08. The molecule has 2 nitrogen and oxygen atoms in total. The SMILES string of the molecule is Fc1cc(Br)cc(F)c1NCc1ccc(OC(F)F)cc1. The van der Waals surface area contributed by atoms with Crippen LogP contribution >= 0.6 is 15.9 Å². The van der Waals surface area contributed by atoms with Crippen molar-refractivity contribution in [2.24, 2.45) is 0 Å². The summed E-state index contributed by atoms with van der Waals surface area (Å²) in [7, 11) is 0. The van der Waals surface area contributed by atoms with Crippen molar-refractivity contribution < 1.29 is 22.3 Å². The van der Waals surface area contributed by atoms with Gasteiger partial charge >= 0.3 is 6.61 Å². The van der Waals surface area contributed by atoms with Crippen molar-refractivity contribution in [3.8, 4) is 5.75 Å². The smallest absolute Gasteiger partial charge is 0.387 e. The number of hydrogen-bond donors (Lipinski definition) is 1. The Kier molecular flexibility index (Phi) is 5.06. The number of ether oxygens (including phenoxy) is 1. The summed E-state index contributed by atoms with van der Waals surface area (Å²) in [5, 5.41) is 2.63. The van der Waals surface area contributed by atoms with Gasteiger partial charge in [0.25, 0.3) is 0 Å². The van der Waals surface area contributed by atoms with Crippen LogP contribution in [0.4, 0.5) is 23.2 Å². The standard InChI is InChI=1S/C14H10BrF4NO/c15-9-5-11(16)13(12(17)6-9)20-7-8-1-3-10(4-2-8)21-14(18)19/h1-6,14,20H,7H2. The van der Waals surface area contributed by atoms with Crippen LogP contribution in [0.3, 0.4) is 0 Å². The van der Waals surface area contributed by atoms with Crippen LogP contribution in [0.5, 0.6) is 5.75 Å². The van der Waals surface area contributed by atoms with E-state index >= 15 is 0 Å². The van der Waals surface area contributed by atoms with Crippen LogP contribution in [-0.4, -0.2) is 6.61 Å². The zero-order valence-electron chi connectivity index (χ0n) is 10.5. The average molecular weight is 364 g/mol. The number of alkyl halides is 2. The van der Waals surface area contributed by atoms with Crippen LogP contribution in [0.15, 0.2) is 40.9 Å². The molecular weight excluding hydrogens is 354 g/mol. The predicted molar refractivity (Wildman–Crippen MR) is 74.5 cm³/mol. The van der Waals surface area contributed by atoms with Crippen LogP contribution in [0.1, 0.15) is 5.56 Å². The topological polar surface area (TPSA) is 21.3 Å². The molecule has 2 aromatic carbocycles. The second-order valence-corrected chi connectivity index (χ2v) is 5.04. The van der Waals surface area contributed by atoms with Gasteiger partial charge in [-0.15, -0.1) is 0 Å². The maximum atomic E-state index is 13.6. The first-order chi connectivity index (χ1) is 9.95. The Morgan fingerprint density at radius 3 is 2.14 bits per heavy atom. The lowest BCUT2D eigenvalue weighted by molar-refractivity contribution is -0.0498. The monoisotopic (exact) mass is 363 g/mol. The number of benzene rings is 2. The number of rotatable bonds is 5. The molecule has 0 unspecified atom stereocenters. The first-order valence-corrected chi connectivity index (χ1v) is 6.67. The van der Waals surface area contributed by atoms with Crippen molar-refractivity contribution in [3.63, 3.8) is 0 Å². The van der Waals surface area contributed by atoms with Crippen molar-refractivity contribution >= 4 is 21.6 Å². The molecule has 0 spiro atoms. The van der Waals surface area contributed by atoms with Crippen LogP contribution in [0.2, 0.25) is 0 Å². The van der Waals surface area contributed by atoms with Crippen molar-refractivity contribution in [2.75, 3.05) is 5.32 Å². The summed E-state index contributed by atoms with van der Waals surface area (Å²) < 4.78 is 55.7. The molecule has 0 aliphatic rings. The lowest BCUT2D eigenvalue weighted by Crippen LogP contribution is -2.05. The Balaban J connectivity index is 2.03. The van der Waals surface area contributed by atoms with E-state index in [1.165, 1.54) is 24.3 Å². The van der Waals surface area contributed by atoms with Crippen LogP contribution in [0, 0.1) is 11.6 Å². The Morgan fingerprint density at radius 1 is 1.05 bits per heavy atom. The Labute approximate surface area is 126 Å². The zero-order valence-corrected chi connectivity index (χ0v) is 12.1. The summed E-state index contributed by atoms with van der Waals surface area (Å²) in [6.07, 6.45) is 0. The van der Waals surface area contributed by atoms with Crippen LogP contribution < -0.4 is 10.1 Å². The molecule has 0 saturated heterocycles. The number of hydrogen-bond acceptors (Lipinski definition) is 2. The predicted octanol–water partition coefficient (Wildman–Crippen LogP) is 4.94. The minimum Gasteiger partial charge on any atom is -0.435 e. The molecule has 0 amide bonds. The number of nitrogens with one attached hydrogen (secondary N) is 1. The van der Waals surface area contributed by atoms with Crippen LogP contribution in [-0.2, 0) is 6.54 Å². The third-order valence-electron chi connectivity index (χ3n) is 2.62. The molecule has 7 heteroatoms. The second kappa shape index (κ2) is 6.80. The lowest BCUT2D eigenvalue weighted by Gasteiger charge is -2.10. The maximum Gasteiger partial charge on any atom is 0.387 e. The van der Waals surface area contributed by atoms with Crippen molar-refractivity contribution in [1.29, 1.82) is 0 Å². The molecule has 1 N–H and O–H groups in total. The second-order valence-electron chi connectivity index (χ2n) is 4.12. The highest BCUT2D eigenvalue weighted by Gasteiger charge is 2.10. The van der Waals surface area contributed by atoms with Crippen molar-refractivity contribution in [3.05, 3.63) is 58.1 Å². The van der Waals surface area contributed by atoms with Gasteiger partial charge in [0.05, 0.1) is 0 Å². The quantitative estimate of drug-likeness (QED) is 0.759. The molecular formula is C14H10BrF4NO. The van der Waals surface area contributed by atoms with E-state index in [1.807, 2.05) is 0 Å². The molecule has 0 heterocycles. The highest BCUT2D eigenvalue weighted by Crippen LogP contribution is 2.24. The van der Waals surface area contributed by atoms with Gasteiger partial charge in [0.2, 0.25) is 0 Å². The molecule has 2 aromatic rings. The van der Waals surface area contributed by atoms with E-state index in [1.54, 1.807) is 0 Å². The molecule has 0 fully saturated rings. The molecule has 112 valence electrons. The van der Waals surface area contributed by atoms with Crippen LogP contribution in [0.25, 0.3) is 0 Å². The van der Waals surface area contributed by atoms with Crippen molar-refractivity contribution in [1.82, 2.24) is 0 Å². The summed E-state index contributed by atoms with van der Waals surface area (Å²) in [5.74, 6) is -1.42. The molecule has 0 saturated carbocycles.